The second-order valence-electron chi connectivity index (χ2n) is 11.7. The minimum Gasteiger partial charge on any atom is -0.444 e. The molecule has 1 saturated carbocycles. The zero-order chi connectivity index (χ0) is 25.6. The molecule has 1 amide bonds. The molecule has 1 aliphatic carbocycles. The fraction of sp³-hybridized carbons (Fsp3) is 0.654. The lowest BCUT2D eigenvalue weighted by Crippen LogP contribution is -2.54. The summed E-state index contributed by atoms with van der Waals surface area (Å²) < 4.78 is 39.5. The van der Waals surface area contributed by atoms with Crippen molar-refractivity contribution in [1.82, 2.24) is 19.3 Å². The van der Waals surface area contributed by atoms with Gasteiger partial charge in [-0.3, -0.25) is 0 Å². The van der Waals surface area contributed by atoms with Gasteiger partial charge in [0.2, 0.25) is 15.9 Å². The average molecular weight is 517 g/mol. The normalized spacial score (nSPS) is 22.1. The summed E-state index contributed by atoms with van der Waals surface area (Å²) in [5, 5.41) is 4.16. The first-order valence-corrected chi connectivity index (χ1v) is 14.5. The number of benzene rings is 1. The molecular weight excluding hydrogens is 480 g/mol. The lowest BCUT2D eigenvalue weighted by Gasteiger charge is -2.40. The van der Waals surface area contributed by atoms with Gasteiger partial charge in [-0.05, 0) is 63.9 Å². The first kappa shape index (κ1) is 25.2. The van der Waals surface area contributed by atoms with Gasteiger partial charge in [-0.1, -0.05) is 35.5 Å². The van der Waals surface area contributed by atoms with Crippen LogP contribution in [0.3, 0.4) is 0 Å². The molecule has 0 radical (unpaired) electrons. The van der Waals surface area contributed by atoms with Crippen molar-refractivity contribution in [1.29, 1.82) is 0 Å². The molecule has 0 unspecified atom stereocenters. The Balaban J connectivity index is 1.19. The van der Waals surface area contributed by atoms with E-state index in [2.05, 4.69) is 22.3 Å². The maximum Gasteiger partial charge on any atom is 0.410 e. The van der Waals surface area contributed by atoms with Gasteiger partial charge < -0.3 is 14.2 Å². The number of hydrogen-bond acceptors (Lipinski definition) is 7. The van der Waals surface area contributed by atoms with Gasteiger partial charge in [-0.25, -0.2) is 13.2 Å². The minimum absolute atomic E-state index is 0.0109. The van der Waals surface area contributed by atoms with E-state index >= 15 is 0 Å². The Morgan fingerprint density at radius 3 is 2.56 bits per heavy atom. The highest BCUT2D eigenvalue weighted by Crippen LogP contribution is 2.59. The van der Waals surface area contributed by atoms with E-state index in [1.165, 1.54) is 5.56 Å². The summed E-state index contributed by atoms with van der Waals surface area (Å²) in [6.07, 6.45) is 4.91. The summed E-state index contributed by atoms with van der Waals surface area (Å²) >= 11 is 0. The van der Waals surface area contributed by atoms with Gasteiger partial charge in [0.1, 0.15) is 11.6 Å². The molecule has 1 spiro atoms. The average Bonchev–Trinajstić information content (AvgIpc) is 3.18. The van der Waals surface area contributed by atoms with Crippen LogP contribution in [0.15, 0.2) is 34.9 Å². The van der Waals surface area contributed by atoms with Crippen LogP contribution in [0, 0.1) is 11.3 Å². The Hall–Kier alpha value is -2.46. The van der Waals surface area contributed by atoms with Crippen LogP contribution in [0.25, 0.3) is 0 Å². The van der Waals surface area contributed by atoms with Crippen molar-refractivity contribution >= 4 is 16.1 Å². The molecule has 2 aliphatic heterocycles. The first-order chi connectivity index (χ1) is 17.0. The van der Waals surface area contributed by atoms with E-state index in [-0.39, 0.29) is 17.1 Å². The highest BCUT2D eigenvalue weighted by molar-refractivity contribution is 7.89. The number of nitrogens with zero attached hydrogens (tertiary/aromatic N) is 4. The fourth-order valence-corrected chi connectivity index (χ4v) is 7.22. The standard InChI is InChI=1S/C26H36N4O5S/c1-25(2,3)34-24(31)29-15-20(16-29)17-36(32,33)30-18-26(12-13-26)14-21(30)23-27-22(28-35-23)11-7-10-19-8-5-4-6-9-19/h4-6,8-9,20-21H,7,10-18H2,1-3H3/t21-/m0/s1. The molecule has 2 saturated heterocycles. The topological polar surface area (TPSA) is 106 Å². The van der Waals surface area contributed by atoms with Gasteiger partial charge in [0.15, 0.2) is 5.82 Å². The summed E-state index contributed by atoms with van der Waals surface area (Å²) in [5.74, 6) is 0.940. The number of carbonyl (C=O) groups excluding carboxylic acids is 1. The minimum atomic E-state index is -3.55. The largest absolute Gasteiger partial charge is 0.444 e. The fourth-order valence-electron chi connectivity index (χ4n) is 5.20. The molecule has 2 aromatic rings. The molecule has 3 fully saturated rings. The molecule has 1 aromatic carbocycles. The molecule has 9 nitrogen and oxygen atoms in total. The van der Waals surface area contributed by atoms with Gasteiger partial charge in [-0.15, -0.1) is 0 Å². The highest BCUT2D eigenvalue weighted by Gasteiger charge is 2.57. The number of amides is 1. The SMILES string of the molecule is CC(C)(C)OC(=O)N1CC(CS(=O)(=O)N2CC3(CC3)C[C@H]2c2nc(CCCc3ccccc3)no2)C1. The highest BCUT2D eigenvalue weighted by atomic mass is 32.2. The molecule has 10 heteroatoms. The lowest BCUT2D eigenvalue weighted by molar-refractivity contribution is 0.00177. The van der Waals surface area contributed by atoms with Gasteiger partial charge in [0.05, 0.1) is 5.75 Å². The number of sulfonamides is 1. The van der Waals surface area contributed by atoms with Gasteiger partial charge >= 0.3 is 6.09 Å². The maximum atomic E-state index is 13.5. The van der Waals surface area contributed by atoms with Gasteiger partial charge in [0, 0.05) is 32.0 Å². The summed E-state index contributed by atoms with van der Waals surface area (Å²) in [7, 11) is -3.55. The number of ether oxygens (including phenoxy) is 1. The Kier molecular flexibility index (Phi) is 6.61. The zero-order valence-corrected chi connectivity index (χ0v) is 22.2. The van der Waals surface area contributed by atoms with E-state index in [1.54, 1.807) is 9.21 Å². The van der Waals surface area contributed by atoms with Crippen LogP contribution in [-0.2, 0) is 27.6 Å². The second-order valence-corrected chi connectivity index (χ2v) is 13.6. The van der Waals surface area contributed by atoms with Gasteiger partial charge in [0.25, 0.3) is 0 Å². The quantitative estimate of drug-likeness (QED) is 0.523. The number of rotatable bonds is 8. The van der Waals surface area contributed by atoms with Crippen molar-refractivity contribution in [2.45, 2.75) is 70.9 Å². The third-order valence-corrected chi connectivity index (χ3v) is 9.30. The van der Waals surface area contributed by atoms with Crippen molar-refractivity contribution in [3.63, 3.8) is 0 Å². The maximum absolute atomic E-state index is 13.5. The molecular formula is C26H36N4O5S. The van der Waals surface area contributed by atoms with E-state index in [4.69, 9.17) is 9.26 Å². The van der Waals surface area contributed by atoms with Crippen LogP contribution in [0.1, 0.15) is 69.8 Å². The number of aromatic nitrogens is 2. The predicted octanol–water partition coefficient (Wildman–Crippen LogP) is 3.97. The van der Waals surface area contributed by atoms with Crippen LogP contribution in [-0.4, -0.2) is 64.8 Å². The van der Waals surface area contributed by atoms with Gasteiger partial charge in [-0.2, -0.15) is 9.29 Å². The monoisotopic (exact) mass is 516 g/mol. The molecule has 0 N–H and O–H groups in total. The van der Waals surface area contributed by atoms with Crippen molar-refractivity contribution < 1.29 is 22.5 Å². The number of likely N-dealkylation sites (tertiary alicyclic amines) is 1. The Morgan fingerprint density at radius 2 is 1.89 bits per heavy atom. The summed E-state index contributed by atoms with van der Waals surface area (Å²) in [6, 6.07) is 9.87. The second kappa shape index (κ2) is 9.45. The van der Waals surface area contributed by atoms with Crippen molar-refractivity contribution in [2.24, 2.45) is 11.3 Å². The van der Waals surface area contributed by atoms with E-state index in [9.17, 15) is 13.2 Å². The molecule has 0 bridgehead atoms. The lowest BCUT2D eigenvalue weighted by atomic mass is 10.0. The van der Waals surface area contributed by atoms with E-state index in [1.807, 2.05) is 39.0 Å². The number of hydrogen-bond donors (Lipinski definition) is 0. The van der Waals surface area contributed by atoms with Crippen LogP contribution in [0.2, 0.25) is 0 Å². The molecule has 36 heavy (non-hydrogen) atoms. The number of aryl methyl sites for hydroxylation is 2. The van der Waals surface area contributed by atoms with Crippen LogP contribution in [0.5, 0.6) is 0 Å². The Morgan fingerprint density at radius 1 is 1.17 bits per heavy atom. The third kappa shape index (κ3) is 5.75. The van der Waals surface area contributed by atoms with E-state index in [0.717, 1.165) is 32.1 Å². The van der Waals surface area contributed by atoms with Crippen LogP contribution in [0.4, 0.5) is 4.79 Å². The van der Waals surface area contributed by atoms with E-state index < -0.39 is 27.8 Å². The number of carbonyl (C=O) groups is 1. The van der Waals surface area contributed by atoms with E-state index in [0.29, 0.717) is 37.8 Å². The van der Waals surface area contributed by atoms with Crippen LogP contribution >= 0.6 is 0 Å². The molecule has 3 aliphatic rings. The summed E-state index contributed by atoms with van der Waals surface area (Å²) in [6.45, 7) is 6.75. The predicted molar refractivity (Wildman–Crippen MR) is 134 cm³/mol. The molecule has 5 rings (SSSR count). The molecule has 196 valence electrons. The zero-order valence-electron chi connectivity index (χ0n) is 21.4. The van der Waals surface area contributed by atoms with Crippen molar-refractivity contribution in [2.75, 3.05) is 25.4 Å². The molecule has 1 atom stereocenters. The van der Waals surface area contributed by atoms with Crippen molar-refractivity contribution in [3.8, 4) is 0 Å². The molecule has 1 aromatic heterocycles. The summed E-state index contributed by atoms with van der Waals surface area (Å²) in [4.78, 5) is 18.4. The first-order valence-electron chi connectivity index (χ1n) is 12.9. The van der Waals surface area contributed by atoms with Crippen molar-refractivity contribution in [3.05, 3.63) is 47.6 Å². The Bertz CT molecular complexity index is 1180. The third-order valence-electron chi connectivity index (χ3n) is 7.31. The summed E-state index contributed by atoms with van der Waals surface area (Å²) in [5.41, 5.74) is 0.744. The molecule has 3 heterocycles. The van der Waals surface area contributed by atoms with Crippen LogP contribution < -0.4 is 0 Å². The smallest absolute Gasteiger partial charge is 0.410 e. The Labute approximate surface area is 213 Å².